The van der Waals surface area contributed by atoms with Crippen molar-refractivity contribution in [2.75, 3.05) is 0 Å². The number of nitrogens with one attached hydrogen (secondary N) is 1. The van der Waals surface area contributed by atoms with Gasteiger partial charge in [0.25, 0.3) is 0 Å². The second-order valence-electron chi connectivity index (χ2n) is 14.2. The van der Waals surface area contributed by atoms with Crippen molar-refractivity contribution in [2.24, 2.45) is 22.7 Å². The van der Waals surface area contributed by atoms with Gasteiger partial charge in [-0.1, -0.05) is 170 Å². The molecular formula is C48H42N2. The zero-order valence-corrected chi connectivity index (χ0v) is 28.3. The number of benzene rings is 3. The molecule has 1 N–H and O–H groups in total. The minimum atomic E-state index is 0.137. The summed E-state index contributed by atoms with van der Waals surface area (Å²) >= 11 is 0. The summed E-state index contributed by atoms with van der Waals surface area (Å²) in [7, 11) is 0. The quantitative estimate of drug-likeness (QED) is 0.283. The van der Waals surface area contributed by atoms with Crippen molar-refractivity contribution >= 4 is 11.8 Å². The Morgan fingerprint density at radius 3 is 2.10 bits per heavy atom. The van der Waals surface area contributed by atoms with E-state index in [1.54, 1.807) is 0 Å². The Morgan fingerprint density at radius 2 is 1.34 bits per heavy atom. The first-order chi connectivity index (χ1) is 24.8. The Hall–Kier alpha value is -5.31. The molecule has 2 heterocycles. The van der Waals surface area contributed by atoms with Crippen LogP contribution in [0.2, 0.25) is 0 Å². The van der Waals surface area contributed by atoms with Crippen LogP contribution >= 0.6 is 0 Å². The predicted octanol–water partition coefficient (Wildman–Crippen LogP) is 10.9. The average molecular weight is 647 g/mol. The van der Waals surface area contributed by atoms with Crippen LogP contribution in [0.4, 0.5) is 0 Å². The minimum absolute atomic E-state index is 0.137. The van der Waals surface area contributed by atoms with Crippen LogP contribution in [0, 0.1) is 17.8 Å². The summed E-state index contributed by atoms with van der Waals surface area (Å²) < 4.78 is 0. The highest BCUT2D eigenvalue weighted by atomic mass is 15.0. The first kappa shape index (κ1) is 30.7. The molecule has 244 valence electrons. The van der Waals surface area contributed by atoms with Crippen molar-refractivity contribution in [1.82, 2.24) is 5.32 Å². The Kier molecular flexibility index (Phi) is 8.32. The molecule has 3 aromatic carbocycles. The lowest BCUT2D eigenvalue weighted by Gasteiger charge is -2.37. The molecule has 0 saturated carbocycles. The largest absolute Gasteiger partial charge is 0.299 e. The lowest BCUT2D eigenvalue weighted by molar-refractivity contribution is 0.454. The molecule has 4 aliphatic carbocycles. The Labute approximate surface area is 296 Å². The van der Waals surface area contributed by atoms with Gasteiger partial charge in [0.15, 0.2) is 0 Å². The molecule has 6 atom stereocenters. The smallest absolute Gasteiger partial charge is 0.0600 e. The maximum Gasteiger partial charge on any atom is 0.0600 e. The van der Waals surface area contributed by atoms with E-state index >= 15 is 0 Å². The van der Waals surface area contributed by atoms with E-state index in [0.717, 1.165) is 19.3 Å². The van der Waals surface area contributed by atoms with Crippen molar-refractivity contribution in [3.63, 3.8) is 0 Å². The molecule has 50 heavy (non-hydrogen) atoms. The molecule has 5 unspecified atom stereocenters. The Bertz CT molecular complexity index is 2110. The summed E-state index contributed by atoms with van der Waals surface area (Å²) in [5, 5.41) is 3.99. The number of rotatable bonds is 6. The summed E-state index contributed by atoms with van der Waals surface area (Å²) in [4.78, 5) is 5.27. The lowest BCUT2D eigenvalue weighted by atomic mass is 9.69. The summed E-state index contributed by atoms with van der Waals surface area (Å²) in [5.74, 6) is 1.03. The average Bonchev–Trinajstić information content (AvgIpc) is 3.21. The summed E-state index contributed by atoms with van der Waals surface area (Å²) in [6, 6.07) is 33.1. The normalized spacial score (nSPS) is 28.2. The van der Waals surface area contributed by atoms with E-state index in [1.807, 2.05) is 0 Å². The molecule has 6 aliphatic rings. The monoisotopic (exact) mass is 646 g/mol. The van der Waals surface area contributed by atoms with Gasteiger partial charge in [-0.15, -0.1) is 0 Å². The maximum atomic E-state index is 5.27. The van der Waals surface area contributed by atoms with Gasteiger partial charge in [-0.25, -0.2) is 0 Å². The van der Waals surface area contributed by atoms with Gasteiger partial charge in [-0.3, -0.25) is 10.3 Å². The number of fused-ring (bicyclic) bond motifs is 3. The van der Waals surface area contributed by atoms with Crippen LogP contribution in [0.15, 0.2) is 208 Å². The van der Waals surface area contributed by atoms with E-state index < -0.39 is 0 Å². The standard InChI is InChI=1S/C48H42N2/c1-4-14-33(15-5-1)37-24-25-46(49-32-37)41-27-38(26-40(28-41)45-29-36-20-10-11-21-42(36)43-22-12-13-23-44(43)45)39-30-47(34-16-6-2-7-17-34)50-48(31-39)35-18-8-3-9-19-35/h1-24,26,28-30,32,41-43,46-48,50H,25,27,31H2/t41?,42-,43?,46?,47?,48?/m1/s1. The van der Waals surface area contributed by atoms with E-state index in [-0.39, 0.29) is 18.1 Å². The second-order valence-corrected chi connectivity index (χ2v) is 14.2. The van der Waals surface area contributed by atoms with E-state index in [9.17, 15) is 0 Å². The third-order valence-electron chi connectivity index (χ3n) is 11.2. The van der Waals surface area contributed by atoms with Crippen molar-refractivity contribution in [3.8, 4) is 0 Å². The number of aliphatic imine (C=N–C) groups is 1. The number of dihydropyridines is 1. The van der Waals surface area contributed by atoms with Gasteiger partial charge in [0, 0.05) is 30.0 Å². The molecule has 2 nitrogen and oxygen atoms in total. The van der Waals surface area contributed by atoms with Crippen LogP contribution < -0.4 is 5.32 Å². The summed E-state index contributed by atoms with van der Waals surface area (Å²) in [6.45, 7) is 0. The van der Waals surface area contributed by atoms with Crippen LogP contribution in [-0.4, -0.2) is 12.3 Å². The Morgan fingerprint density at radius 1 is 0.620 bits per heavy atom. The van der Waals surface area contributed by atoms with Gasteiger partial charge in [0.2, 0.25) is 0 Å². The Balaban J connectivity index is 1.13. The van der Waals surface area contributed by atoms with E-state index in [2.05, 4.69) is 182 Å². The highest BCUT2D eigenvalue weighted by Gasteiger charge is 2.34. The SMILES string of the molecule is C1=CC2=CC(C3=CC(C4CC=C(c5ccccc5)C=N4)CC(C4=CC(c5ccccc5)NC(c5ccccc5)C4)=C3)=C3C=CC=CC3[C@@H]2C=C1. The molecule has 0 bridgehead atoms. The van der Waals surface area contributed by atoms with Gasteiger partial charge >= 0.3 is 0 Å². The number of hydrogen-bond acceptors (Lipinski definition) is 2. The van der Waals surface area contributed by atoms with E-state index in [4.69, 9.17) is 4.99 Å². The van der Waals surface area contributed by atoms with Crippen LogP contribution in [-0.2, 0) is 0 Å². The van der Waals surface area contributed by atoms with Crippen molar-refractivity contribution < 1.29 is 0 Å². The number of allylic oxidation sites excluding steroid dienone is 16. The third-order valence-corrected chi connectivity index (χ3v) is 11.2. The molecule has 0 amide bonds. The van der Waals surface area contributed by atoms with Gasteiger partial charge in [0.05, 0.1) is 12.1 Å². The van der Waals surface area contributed by atoms with Crippen LogP contribution in [0.5, 0.6) is 0 Å². The molecule has 0 radical (unpaired) electrons. The zero-order chi connectivity index (χ0) is 33.3. The minimum Gasteiger partial charge on any atom is -0.299 e. The van der Waals surface area contributed by atoms with Gasteiger partial charge in [0.1, 0.15) is 0 Å². The first-order valence-electron chi connectivity index (χ1n) is 18.2. The molecule has 0 saturated heterocycles. The van der Waals surface area contributed by atoms with Crippen LogP contribution in [0.3, 0.4) is 0 Å². The highest BCUT2D eigenvalue weighted by molar-refractivity contribution is 6.10. The fourth-order valence-corrected chi connectivity index (χ4v) is 8.61. The number of nitrogens with zero attached hydrogens (tertiary/aromatic N) is 1. The molecule has 3 aromatic rings. The second kappa shape index (κ2) is 13.5. The predicted molar refractivity (Wildman–Crippen MR) is 208 cm³/mol. The van der Waals surface area contributed by atoms with E-state index in [0.29, 0.717) is 17.8 Å². The molecule has 0 fully saturated rings. The zero-order valence-electron chi connectivity index (χ0n) is 28.3. The van der Waals surface area contributed by atoms with Crippen molar-refractivity contribution in [2.45, 2.75) is 37.4 Å². The fraction of sp³-hybridized carbons (Fsp3) is 0.188. The van der Waals surface area contributed by atoms with Gasteiger partial charge in [-0.2, -0.15) is 0 Å². The van der Waals surface area contributed by atoms with Crippen LogP contribution in [0.25, 0.3) is 5.57 Å². The summed E-state index contributed by atoms with van der Waals surface area (Å²) in [6.07, 6.45) is 35.7. The topological polar surface area (TPSA) is 24.4 Å². The third kappa shape index (κ3) is 6.06. The summed E-state index contributed by atoms with van der Waals surface area (Å²) in [5.41, 5.74) is 13.5. The van der Waals surface area contributed by atoms with Crippen LogP contribution in [0.1, 0.15) is 48.0 Å². The van der Waals surface area contributed by atoms with E-state index in [1.165, 1.54) is 55.7 Å². The van der Waals surface area contributed by atoms with Gasteiger partial charge in [-0.05, 0) is 75.0 Å². The molecule has 0 spiro atoms. The molecule has 9 rings (SSSR count). The maximum absolute atomic E-state index is 5.27. The van der Waals surface area contributed by atoms with Crippen molar-refractivity contribution in [1.29, 1.82) is 0 Å². The fourth-order valence-electron chi connectivity index (χ4n) is 8.61. The molecule has 2 heteroatoms. The van der Waals surface area contributed by atoms with Gasteiger partial charge < -0.3 is 0 Å². The molecular weight excluding hydrogens is 605 g/mol. The first-order valence-corrected chi connectivity index (χ1v) is 18.2. The number of hydrogen-bond donors (Lipinski definition) is 1. The van der Waals surface area contributed by atoms with Crippen molar-refractivity contribution in [3.05, 3.63) is 220 Å². The molecule has 0 aromatic heterocycles. The lowest BCUT2D eigenvalue weighted by Crippen LogP contribution is -2.31. The highest BCUT2D eigenvalue weighted by Crippen LogP contribution is 2.46. The molecule has 2 aliphatic heterocycles.